The van der Waals surface area contributed by atoms with Crippen LogP contribution in [0.3, 0.4) is 0 Å². The van der Waals surface area contributed by atoms with Gasteiger partial charge >= 0.3 is 11.9 Å². The summed E-state index contributed by atoms with van der Waals surface area (Å²) in [4.78, 5) is 27.5. The Balaban J connectivity index is 1.03. The summed E-state index contributed by atoms with van der Waals surface area (Å²) in [6.07, 6.45) is 5.79. The highest BCUT2D eigenvalue weighted by molar-refractivity contribution is 5.92. The van der Waals surface area contributed by atoms with Gasteiger partial charge in [0.15, 0.2) is 0 Å². The highest BCUT2D eigenvalue weighted by Gasteiger charge is 2.16. The molecule has 0 aliphatic rings. The lowest BCUT2D eigenvalue weighted by Crippen LogP contribution is -2.10. The van der Waals surface area contributed by atoms with Gasteiger partial charge in [0.1, 0.15) is 11.5 Å². The second kappa shape index (κ2) is 22.3. The number of esters is 2. The first-order chi connectivity index (χ1) is 32.9. The highest BCUT2D eigenvalue weighted by atomic mass is 16.5. The molecule has 0 unspecified atom stereocenters. The van der Waals surface area contributed by atoms with E-state index in [0.717, 1.165) is 67.5 Å². The summed E-state index contributed by atoms with van der Waals surface area (Å²) in [7, 11) is 0. The summed E-state index contributed by atoms with van der Waals surface area (Å²) >= 11 is 0. The zero-order chi connectivity index (χ0) is 46.2. The van der Waals surface area contributed by atoms with E-state index in [2.05, 4.69) is 187 Å². The molecule has 0 N–H and O–H groups in total. The molecule has 8 aromatic rings. The van der Waals surface area contributed by atoms with Crippen LogP contribution in [0.1, 0.15) is 27.8 Å². The van der Waals surface area contributed by atoms with E-state index < -0.39 is 11.9 Å². The minimum absolute atomic E-state index is 0.277. The Kier molecular flexibility index (Phi) is 14.9. The van der Waals surface area contributed by atoms with Gasteiger partial charge in [0, 0.05) is 59.1 Å². The first-order valence-electron chi connectivity index (χ1n) is 22.2. The lowest BCUT2D eigenvalue weighted by Gasteiger charge is -2.26. The molecule has 8 aromatic carbocycles. The second-order valence-corrected chi connectivity index (χ2v) is 15.6. The molecule has 0 atom stereocenters. The van der Waals surface area contributed by atoms with Gasteiger partial charge in [-0.25, -0.2) is 9.59 Å². The molecule has 0 saturated heterocycles. The Hall–Kier alpha value is -8.68. The fraction of sp³-hybridized carbons (Fsp3) is 0.0667. The Labute approximate surface area is 392 Å². The molecule has 0 aliphatic carbocycles. The van der Waals surface area contributed by atoms with Crippen LogP contribution in [0.15, 0.2) is 238 Å². The number of ether oxygens (including phenoxy) is 3. The van der Waals surface area contributed by atoms with Crippen LogP contribution in [-0.4, -0.2) is 25.2 Å². The van der Waals surface area contributed by atoms with Gasteiger partial charge in [-0.15, -0.1) is 0 Å². The van der Waals surface area contributed by atoms with E-state index in [1.807, 2.05) is 54.6 Å². The molecular formula is C60H50N2O5. The predicted molar refractivity (Wildman–Crippen MR) is 272 cm³/mol. The van der Waals surface area contributed by atoms with E-state index >= 15 is 0 Å². The monoisotopic (exact) mass is 878 g/mol. The van der Waals surface area contributed by atoms with Gasteiger partial charge in [0.25, 0.3) is 0 Å². The van der Waals surface area contributed by atoms with Crippen molar-refractivity contribution in [2.45, 2.75) is 12.8 Å². The molecule has 8 rings (SSSR count). The number of para-hydroxylation sites is 1. The zero-order valence-corrected chi connectivity index (χ0v) is 37.1. The fourth-order valence-electron chi connectivity index (χ4n) is 7.67. The molecule has 0 radical (unpaired) electrons. The number of hydrogen-bond donors (Lipinski definition) is 0. The zero-order valence-electron chi connectivity index (χ0n) is 37.1. The van der Waals surface area contributed by atoms with Crippen molar-refractivity contribution in [2.24, 2.45) is 0 Å². The van der Waals surface area contributed by atoms with Crippen LogP contribution in [0.4, 0.5) is 34.1 Å². The van der Waals surface area contributed by atoms with E-state index in [-0.39, 0.29) is 6.61 Å². The van der Waals surface area contributed by atoms with Crippen LogP contribution < -0.4 is 14.5 Å². The standard InChI is InChI=1S/C60H50N2O5/c1-3-59(63)65-42-40-45-20-26-51(27-21-45)61(50-18-12-7-13-19-50)54-32-36-56(37-33-54)67-57-38-34-55(35-39-57)62(52-28-22-46(23-29-52)41-43-66-60(64)4-2)53-30-24-47(25-31-53)44-58(48-14-8-5-9-15-48)49-16-10-6-11-17-49/h3-39,44H,1-2,40-43H2. The average molecular weight is 879 g/mol. The summed E-state index contributed by atoms with van der Waals surface area (Å²) < 4.78 is 16.8. The van der Waals surface area contributed by atoms with Gasteiger partial charge in [-0.3, -0.25) is 0 Å². The summed E-state index contributed by atoms with van der Waals surface area (Å²) in [5.41, 5.74) is 12.5. The molecule has 7 nitrogen and oxygen atoms in total. The number of carbonyl (C=O) groups is 2. The van der Waals surface area contributed by atoms with Crippen molar-refractivity contribution in [2.75, 3.05) is 23.0 Å². The third kappa shape index (κ3) is 11.9. The molecule has 0 amide bonds. The maximum atomic E-state index is 11.6. The molecule has 0 heterocycles. The van der Waals surface area contributed by atoms with Crippen LogP contribution in [0.2, 0.25) is 0 Å². The molecule has 7 heteroatoms. The molecular weight excluding hydrogens is 829 g/mol. The van der Waals surface area contributed by atoms with Crippen molar-refractivity contribution in [1.29, 1.82) is 0 Å². The highest BCUT2D eigenvalue weighted by Crippen LogP contribution is 2.39. The van der Waals surface area contributed by atoms with Gasteiger partial charge < -0.3 is 24.0 Å². The maximum absolute atomic E-state index is 11.6. The molecule has 0 spiro atoms. The Bertz CT molecular complexity index is 2860. The average Bonchev–Trinajstić information content (AvgIpc) is 3.39. The van der Waals surface area contributed by atoms with E-state index in [9.17, 15) is 9.59 Å². The van der Waals surface area contributed by atoms with Gasteiger partial charge in [-0.2, -0.15) is 0 Å². The largest absolute Gasteiger partial charge is 0.462 e. The van der Waals surface area contributed by atoms with Crippen molar-refractivity contribution in [1.82, 2.24) is 0 Å². The lowest BCUT2D eigenvalue weighted by atomic mass is 9.95. The SMILES string of the molecule is C=CC(=O)OCCc1ccc(N(c2ccccc2)c2ccc(Oc3ccc(N(c4ccc(C=C(c5ccccc5)c5ccccc5)cc4)c4ccc(CCOC(=O)C=C)cc4)cc3)cc2)cc1. The maximum Gasteiger partial charge on any atom is 0.330 e. The van der Waals surface area contributed by atoms with Crippen LogP contribution in [0.25, 0.3) is 11.6 Å². The lowest BCUT2D eigenvalue weighted by molar-refractivity contribution is -0.138. The number of carbonyl (C=O) groups excluding carboxylic acids is 2. The number of hydrogen-bond acceptors (Lipinski definition) is 7. The number of nitrogens with zero attached hydrogens (tertiary/aromatic N) is 2. The van der Waals surface area contributed by atoms with Crippen LogP contribution in [0, 0.1) is 0 Å². The van der Waals surface area contributed by atoms with E-state index in [0.29, 0.717) is 30.9 Å². The first kappa shape index (κ1) is 44.9. The molecule has 67 heavy (non-hydrogen) atoms. The van der Waals surface area contributed by atoms with E-state index in [1.54, 1.807) is 0 Å². The molecule has 330 valence electrons. The van der Waals surface area contributed by atoms with Crippen molar-refractivity contribution in [3.05, 3.63) is 265 Å². The first-order valence-corrected chi connectivity index (χ1v) is 22.2. The predicted octanol–water partition coefficient (Wildman–Crippen LogP) is 14.6. The minimum Gasteiger partial charge on any atom is -0.462 e. The topological polar surface area (TPSA) is 68.3 Å². The molecule has 0 saturated carbocycles. The quantitative estimate of drug-likeness (QED) is 0.0455. The number of anilines is 6. The number of rotatable bonds is 19. The summed E-state index contributed by atoms with van der Waals surface area (Å²) in [5.74, 6) is 0.550. The number of benzene rings is 8. The van der Waals surface area contributed by atoms with Crippen LogP contribution >= 0.6 is 0 Å². The van der Waals surface area contributed by atoms with Crippen molar-refractivity contribution in [3.63, 3.8) is 0 Å². The molecule has 0 aromatic heterocycles. The normalized spacial score (nSPS) is 10.6. The van der Waals surface area contributed by atoms with Crippen molar-refractivity contribution >= 4 is 57.7 Å². The van der Waals surface area contributed by atoms with Crippen LogP contribution in [-0.2, 0) is 31.9 Å². The molecule has 0 fully saturated rings. The second-order valence-electron chi connectivity index (χ2n) is 15.6. The Morgan fingerprint density at radius 1 is 0.403 bits per heavy atom. The van der Waals surface area contributed by atoms with Gasteiger partial charge in [0.2, 0.25) is 0 Å². The third-order valence-corrected chi connectivity index (χ3v) is 11.1. The van der Waals surface area contributed by atoms with Crippen molar-refractivity contribution in [3.8, 4) is 11.5 Å². The molecule has 0 bridgehead atoms. The van der Waals surface area contributed by atoms with E-state index in [1.165, 1.54) is 12.2 Å². The van der Waals surface area contributed by atoms with Gasteiger partial charge in [-0.05, 0) is 137 Å². The summed E-state index contributed by atoms with van der Waals surface area (Å²) in [6.45, 7) is 7.52. The Morgan fingerprint density at radius 2 is 0.731 bits per heavy atom. The summed E-state index contributed by atoms with van der Waals surface area (Å²) in [6, 6.07) is 72.4. The summed E-state index contributed by atoms with van der Waals surface area (Å²) in [5, 5.41) is 0. The fourth-order valence-corrected chi connectivity index (χ4v) is 7.67. The van der Waals surface area contributed by atoms with E-state index in [4.69, 9.17) is 14.2 Å². The minimum atomic E-state index is -0.429. The van der Waals surface area contributed by atoms with Crippen LogP contribution in [0.5, 0.6) is 11.5 Å². The molecule has 0 aliphatic heterocycles. The van der Waals surface area contributed by atoms with Crippen molar-refractivity contribution < 1.29 is 23.8 Å². The smallest absolute Gasteiger partial charge is 0.330 e. The van der Waals surface area contributed by atoms with Gasteiger partial charge in [0.05, 0.1) is 13.2 Å². The van der Waals surface area contributed by atoms with Gasteiger partial charge in [-0.1, -0.05) is 128 Å². The Morgan fingerprint density at radius 3 is 1.10 bits per heavy atom. The third-order valence-electron chi connectivity index (χ3n) is 11.1.